The molecule has 0 aromatic heterocycles. The first-order valence-electron chi connectivity index (χ1n) is 12.1. The second kappa shape index (κ2) is 12.4. The summed E-state index contributed by atoms with van der Waals surface area (Å²) in [7, 11) is 1.46. The molecular weight excluding hydrogens is 543 g/mol. The van der Waals surface area contributed by atoms with Crippen molar-refractivity contribution < 1.29 is 28.2 Å². The molecule has 4 rings (SSSR count). The van der Waals surface area contributed by atoms with Gasteiger partial charge in [-0.15, -0.1) is 0 Å². The smallest absolute Gasteiger partial charge is 0.293 e. The number of thioether (sulfide) groups is 1. The van der Waals surface area contributed by atoms with E-state index in [0.717, 1.165) is 27.9 Å². The molecule has 1 aliphatic rings. The number of methoxy groups -OCH3 is 1. The van der Waals surface area contributed by atoms with E-state index in [2.05, 4.69) is 5.32 Å². The highest BCUT2D eigenvalue weighted by atomic mass is 35.5. The molecule has 3 aromatic rings. The largest absolute Gasteiger partial charge is 0.493 e. The molecule has 7 nitrogen and oxygen atoms in total. The van der Waals surface area contributed by atoms with Crippen LogP contribution in [0.15, 0.2) is 65.6 Å². The quantitative estimate of drug-likeness (QED) is 0.284. The Balaban J connectivity index is 1.44. The highest BCUT2D eigenvalue weighted by Crippen LogP contribution is 2.36. The van der Waals surface area contributed by atoms with Crippen LogP contribution in [0.25, 0.3) is 6.08 Å². The van der Waals surface area contributed by atoms with E-state index in [1.807, 2.05) is 38.1 Å². The zero-order chi connectivity index (χ0) is 28.1. The lowest BCUT2D eigenvalue weighted by atomic mass is 10.0. The second-order valence-corrected chi connectivity index (χ2v) is 10.4. The van der Waals surface area contributed by atoms with Gasteiger partial charge in [-0.05, 0) is 65.2 Å². The van der Waals surface area contributed by atoms with Gasteiger partial charge in [0.2, 0.25) is 0 Å². The fourth-order valence-corrected chi connectivity index (χ4v) is 5.03. The van der Waals surface area contributed by atoms with Crippen LogP contribution in [0.2, 0.25) is 5.02 Å². The van der Waals surface area contributed by atoms with Crippen molar-refractivity contribution in [2.45, 2.75) is 26.3 Å². The zero-order valence-corrected chi connectivity index (χ0v) is 23.1. The van der Waals surface area contributed by atoms with Crippen molar-refractivity contribution in [2.75, 3.05) is 19.0 Å². The molecule has 1 saturated heterocycles. The number of benzene rings is 3. The molecule has 1 aliphatic heterocycles. The monoisotopic (exact) mass is 568 g/mol. The molecular formula is C29H26ClFN2O5S. The highest BCUT2D eigenvalue weighted by molar-refractivity contribution is 8.18. The van der Waals surface area contributed by atoms with Gasteiger partial charge >= 0.3 is 0 Å². The summed E-state index contributed by atoms with van der Waals surface area (Å²) in [5.74, 6) is -0.544. The third kappa shape index (κ3) is 6.61. The molecule has 1 heterocycles. The van der Waals surface area contributed by atoms with Crippen molar-refractivity contribution >= 4 is 52.2 Å². The number of hydrogen-bond donors (Lipinski definition) is 1. The van der Waals surface area contributed by atoms with Gasteiger partial charge < -0.3 is 14.8 Å². The van der Waals surface area contributed by atoms with Gasteiger partial charge in [-0.3, -0.25) is 19.3 Å². The predicted octanol–water partition coefficient (Wildman–Crippen LogP) is 6.87. The van der Waals surface area contributed by atoms with E-state index in [-0.39, 0.29) is 40.5 Å². The number of imide groups is 1. The average molecular weight is 569 g/mol. The Morgan fingerprint density at radius 3 is 2.59 bits per heavy atom. The number of nitrogens with one attached hydrogen (secondary N) is 1. The minimum atomic E-state index is -0.594. The van der Waals surface area contributed by atoms with Crippen LogP contribution >= 0.6 is 23.4 Å². The number of carbonyl (C=O) groups excluding carboxylic acids is 3. The van der Waals surface area contributed by atoms with E-state index in [4.69, 9.17) is 21.1 Å². The SMILES string of the molecule is COc1cc(/C=C2\SC(=O)N(Cc3c(F)cccc3Cl)C2=O)ccc1OCC(=O)Nc1ccccc1C(C)C. The van der Waals surface area contributed by atoms with Gasteiger partial charge in [0.05, 0.1) is 18.6 Å². The summed E-state index contributed by atoms with van der Waals surface area (Å²) in [5.41, 5.74) is 2.40. The van der Waals surface area contributed by atoms with Crippen molar-refractivity contribution in [1.82, 2.24) is 4.90 Å². The molecule has 1 fully saturated rings. The predicted molar refractivity (Wildman–Crippen MR) is 151 cm³/mol. The maximum Gasteiger partial charge on any atom is 0.293 e. The third-order valence-electron chi connectivity index (χ3n) is 5.95. The number of carbonyl (C=O) groups is 3. The lowest BCUT2D eigenvalue weighted by Gasteiger charge is -2.15. The van der Waals surface area contributed by atoms with Gasteiger partial charge in [0.1, 0.15) is 5.82 Å². The number of para-hydroxylation sites is 1. The van der Waals surface area contributed by atoms with E-state index in [9.17, 15) is 18.8 Å². The summed E-state index contributed by atoms with van der Waals surface area (Å²) in [6, 6.07) is 16.7. The molecule has 202 valence electrons. The summed E-state index contributed by atoms with van der Waals surface area (Å²) in [6.45, 7) is 3.59. The van der Waals surface area contributed by atoms with Gasteiger partial charge in [0.15, 0.2) is 18.1 Å². The van der Waals surface area contributed by atoms with Gasteiger partial charge in [-0.1, -0.05) is 55.8 Å². The zero-order valence-electron chi connectivity index (χ0n) is 21.5. The molecule has 0 saturated carbocycles. The van der Waals surface area contributed by atoms with Crippen LogP contribution < -0.4 is 14.8 Å². The number of rotatable bonds is 9. The van der Waals surface area contributed by atoms with Crippen LogP contribution in [0.5, 0.6) is 11.5 Å². The Hall–Kier alpha value is -3.82. The molecule has 0 unspecified atom stereocenters. The van der Waals surface area contributed by atoms with E-state index in [0.29, 0.717) is 17.1 Å². The first-order valence-corrected chi connectivity index (χ1v) is 13.2. The first-order chi connectivity index (χ1) is 18.7. The van der Waals surface area contributed by atoms with Crippen molar-refractivity contribution in [3.63, 3.8) is 0 Å². The van der Waals surface area contributed by atoms with Crippen molar-refractivity contribution in [1.29, 1.82) is 0 Å². The Bertz CT molecular complexity index is 1440. The van der Waals surface area contributed by atoms with Crippen molar-refractivity contribution in [2.24, 2.45) is 0 Å². The summed E-state index contributed by atoms with van der Waals surface area (Å²) in [5, 5.41) is 2.48. The van der Waals surface area contributed by atoms with Crippen molar-refractivity contribution in [3.8, 4) is 11.5 Å². The lowest BCUT2D eigenvalue weighted by Crippen LogP contribution is -2.28. The lowest BCUT2D eigenvalue weighted by molar-refractivity contribution is -0.123. The normalized spacial score (nSPS) is 14.3. The Morgan fingerprint density at radius 1 is 1.10 bits per heavy atom. The van der Waals surface area contributed by atoms with E-state index in [1.165, 1.54) is 31.4 Å². The summed E-state index contributed by atoms with van der Waals surface area (Å²) in [4.78, 5) is 39.1. The summed E-state index contributed by atoms with van der Waals surface area (Å²) >= 11 is 6.81. The molecule has 0 atom stereocenters. The van der Waals surface area contributed by atoms with E-state index < -0.39 is 17.0 Å². The van der Waals surface area contributed by atoms with Crippen LogP contribution in [0, 0.1) is 5.82 Å². The van der Waals surface area contributed by atoms with Gasteiger partial charge in [-0.2, -0.15) is 0 Å². The summed E-state index contributed by atoms with van der Waals surface area (Å²) in [6.07, 6.45) is 1.54. The average Bonchev–Trinajstić information content (AvgIpc) is 3.17. The highest BCUT2D eigenvalue weighted by Gasteiger charge is 2.36. The molecule has 39 heavy (non-hydrogen) atoms. The van der Waals surface area contributed by atoms with Gasteiger partial charge in [0.25, 0.3) is 17.1 Å². The van der Waals surface area contributed by atoms with Crippen molar-refractivity contribution in [3.05, 3.63) is 93.1 Å². The van der Waals surface area contributed by atoms with Gasteiger partial charge in [-0.25, -0.2) is 4.39 Å². The maximum absolute atomic E-state index is 14.2. The number of anilines is 1. The number of ether oxygens (including phenoxy) is 2. The Morgan fingerprint density at radius 2 is 1.87 bits per heavy atom. The minimum absolute atomic E-state index is 0.0719. The maximum atomic E-state index is 14.2. The van der Waals surface area contributed by atoms with Crippen LogP contribution in [0.3, 0.4) is 0 Å². The summed E-state index contributed by atoms with van der Waals surface area (Å²) < 4.78 is 25.3. The minimum Gasteiger partial charge on any atom is -0.493 e. The molecule has 3 aromatic carbocycles. The molecule has 0 aliphatic carbocycles. The van der Waals surface area contributed by atoms with E-state index >= 15 is 0 Å². The number of hydrogen-bond acceptors (Lipinski definition) is 6. The van der Waals surface area contributed by atoms with E-state index in [1.54, 1.807) is 18.2 Å². The van der Waals surface area contributed by atoms with Crippen LogP contribution in [0.1, 0.15) is 36.5 Å². The number of amides is 3. The Labute approximate surface area is 234 Å². The second-order valence-electron chi connectivity index (χ2n) is 8.96. The number of nitrogens with zero attached hydrogens (tertiary/aromatic N) is 1. The molecule has 1 N–H and O–H groups in total. The molecule has 0 bridgehead atoms. The Kier molecular flexibility index (Phi) is 8.93. The first kappa shape index (κ1) is 28.2. The van der Waals surface area contributed by atoms with Crippen LogP contribution in [0.4, 0.5) is 14.9 Å². The fraction of sp³-hybridized carbons (Fsp3) is 0.207. The van der Waals surface area contributed by atoms with Crippen LogP contribution in [-0.2, 0) is 16.1 Å². The third-order valence-corrected chi connectivity index (χ3v) is 7.21. The van der Waals surface area contributed by atoms with Crippen LogP contribution in [-0.4, -0.2) is 35.7 Å². The standard InChI is InChI=1S/C29H26ClFN2O5S/c1-17(2)19-7-4-5-10-23(19)32-27(34)16-38-24-12-11-18(13-25(24)37-3)14-26-28(35)33(29(36)39-26)15-20-21(30)8-6-9-22(20)31/h4-14,17H,15-16H2,1-3H3,(H,32,34)/b26-14-. The molecule has 0 radical (unpaired) electrons. The molecule has 0 spiro atoms. The van der Waals surface area contributed by atoms with Gasteiger partial charge in [0, 0.05) is 16.3 Å². The number of halogens is 2. The molecule has 3 amide bonds. The fourth-order valence-electron chi connectivity index (χ4n) is 3.97. The molecule has 10 heteroatoms. The topological polar surface area (TPSA) is 84.9 Å².